The van der Waals surface area contributed by atoms with Crippen LogP contribution in [0.2, 0.25) is 0 Å². The Labute approximate surface area is 99.7 Å². The van der Waals surface area contributed by atoms with Crippen molar-refractivity contribution in [3.05, 3.63) is 0 Å². The quantitative estimate of drug-likeness (QED) is 0.235. The van der Waals surface area contributed by atoms with Gasteiger partial charge < -0.3 is 14.7 Å². The van der Waals surface area contributed by atoms with Crippen LogP contribution in [0.3, 0.4) is 0 Å². The fraction of sp³-hybridized carbons (Fsp3) is 0. The first-order valence-corrected chi connectivity index (χ1v) is 4.04. The molecule has 0 atom stereocenters. The van der Waals surface area contributed by atoms with Gasteiger partial charge in [-0.3, -0.25) is 4.57 Å². The zero-order chi connectivity index (χ0) is 8.08. The van der Waals surface area contributed by atoms with Crippen molar-refractivity contribution in [2.24, 2.45) is 0 Å². The van der Waals surface area contributed by atoms with E-state index in [1.807, 2.05) is 0 Å². The normalized spacial score (nSPS) is 8.50. The second kappa shape index (κ2) is 8.86. The maximum absolute atomic E-state index is 8.77. The average molecular weight is 217 g/mol. The van der Waals surface area contributed by atoms with Gasteiger partial charge in [0, 0.05) is 4.57 Å². The Bertz CT molecular complexity index is 111. The van der Waals surface area contributed by atoms with Crippen molar-refractivity contribution in [1.82, 2.24) is 0 Å². The largest absolute Gasteiger partial charge is 1.00 e. The first kappa shape index (κ1) is 17.7. The molecule has 10 heteroatoms. The molecule has 0 aliphatic carbocycles. The van der Waals surface area contributed by atoms with E-state index in [9.17, 15) is 0 Å². The Balaban J connectivity index is -0.0000000910. The average Bonchev–Trinajstić information content (AvgIpc) is 1.19. The molecule has 0 saturated carbocycles. The summed E-state index contributed by atoms with van der Waals surface area (Å²) in [5.41, 5.74) is 0. The van der Waals surface area contributed by atoms with E-state index < -0.39 is 16.1 Å². The van der Waals surface area contributed by atoms with Gasteiger partial charge in [-0.1, -0.05) is 0 Å². The van der Waals surface area contributed by atoms with Gasteiger partial charge in [0.2, 0.25) is 0 Å². The zero-order valence-electron chi connectivity index (χ0n) is 4.91. The molecule has 4 N–H and O–H groups in total. The van der Waals surface area contributed by atoms with Crippen LogP contribution < -0.4 is 56.3 Å². The molecule has 0 spiro atoms. The van der Waals surface area contributed by atoms with Crippen molar-refractivity contribution in [2.45, 2.75) is 0 Å². The van der Waals surface area contributed by atoms with Crippen molar-refractivity contribution in [3.63, 3.8) is 0 Å². The molecule has 0 fully saturated rings. The van der Waals surface area contributed by atoms with E-state index in [-0.39, 0.29) is 51.4 Å². The summed E-state index contributed by atoms with van der Waals surface area (Å²) in [6, 6.07) is 0. The van der Waals surface area contributed by atoms with Crippen molar-refractivity contribution < 1.29 is 85.0 Å². The summed E-state index contributed by atoms with van der Waals surface area (Å²) in [6.07, 6.45) is 0. The molecule has 0 aromatic rings. The molecule has 7 nitrogen and oxygen atoms in total. The van der Waals surface area contributed by atoms with E-state index in [1.54, 1.807) is 0 Å². The molecule has 0 heterocycles. The Morgan fingerprint density at radius 3 is 1.30 bits per heavy atom. The van der Waals surface area contributed by atoms with Gasteiger partial charge in [-0.2, -0.15) is 0 Å². The summed E-state index contributed by atoms with van der Waals surface area (Å²) in [4.78, 5) is 37.2. The van der Waals surface area contributed by atoms with Gasteiger partial charge in [-0.05, 0) is 0 Å². The maximum Gasteiger partial charge on any atom is 1.00 e. The third-order valence-electron chi connectivity index (χ3n) is 0. The van der Waals surface area contributed by atoms with Crippen LogP contribution in [-0.2, 0) is 9.13 Å². The van der Waals surface area contributed by atoms with Gasteiger partial charge in [-0.15, -0.1) is 9.79 Å². The van der Waals surface area contributed by atoms with E-state index in [4.69, 9.17) is 33.6 Å². The van der Waals surface area contributed by atoms with E-state index in [2.05, 4.69) is 0 Å². The second-order valence-corrected chi connectivity index (χ2v) is 2.23. The molecule has 0 rings (SSSR count). The smallest absolute Gasteiger partial charge is 0.756 e. The standard InChI is InChI=1S/K.H3O4P.HO3P/c;1-5(2,3)4;1-4(2)3/h;(H3,1,2,3,4);(H-,1,2,3)/q+1;;. The van der Waals surface area contributed by atoms with Crippen molar-refractivity contribution in [2.75, 3.05) is 0 Å². The summed E-state index contributed by atoms with van der Waals surface area (Å²) in [7, 11) is -7.76. The molecule has 56 valence electrons. The van der Waals surface area contributed by atoms with Crippen molar-refractivity contribution in [1.29, 1.82) is 0 Å². The minimum atomic E-state index is -4.89. The molecular weight excluding hydrogens is 213 g/mol. The Hall–Kier alpha value is 1.77. The molecular formula is H4KO7P2+. The van der Waals surface area contributed by atoms with Crippen LogP contribution in [0, 0.1) is 0 Å². The second-order valence-electron chi connectivity index (χ2n) is 0.743. The molecule has 0 aromatic heterocycles. The third kappa shape index (κ3) is 241. The summed E-state index contributed by atoms with van der Waals surface area (Å²) >= 11 is 0. The first-order chi connectivity index (χ1) is 3.73. The van der Waals surface area contributed by atoms with Gasteiger partial charge in [0.05, 0.1) is 0 Å². The van der Waals surface area contributed by atoms with Gasteiger partial charge in [0.1, 0.15) is 0 Å². The first-order valence-electron chi connectivity index (χ1n) is 1.35. The van der Waals surface area contributed by atoms with E-state index in [1.165, 1.54) is 0 Å². The van der Waals surface area contributed by atoms with Crippen LogP contribution in [0.25, 0.3) is 0 Å². The molecule has 0 aliphatic rings. The fourth-order valence-electron chi connectivity index (χ4n) is 0. The third-order valence-corrected chi connectivity index (χ3v) is 0. The van der Waals surface area contributed by atoms with Gasteiger partial charge in [-0.25, -0.2) is 0 Å². The fourth-order valence-corrected chi connectivity index (χ4v) is 0. The summed E-state index contributed by atoms with van der Waals surface area (Å²) in [5.74, 6) is 0. The Morgan fingerprint density at radius 2 is 1.30 bits per heavy atom. The number of hydrogen-bond donors (Lipinski definition) is 4. The van der Waals surface area contributed by atoms with Crippen LogP contribution in [0.5, 0.6) is 0 Å². The predicted molar refractivity (Wildman–Crippen MR) is 24.1 cm³/mol. The molecule has 10 heavy (non-hydrogen) atoms. The molecule has 0 aliphatic heterocycles. The van der Waals surface area contributed by atoms with E-state index in [0.29, 0.717) is 0 Å². The van der Waals surface area contributed by atoms with Crippen LogP contribution in [0.1, 0.15) is 0 Å². The Morgan fingerprint density at radius 1 is 1.30 bits per heavy atom. The molecule has 0 unspecified atom stereocenters. The van der Waals surface area contributed by atoms with Gasteiger partial charge in [0.15, 0.2) is 0 Å². The van der Waals surface area contributed by atoms with Crippen molar-refractivity contribution >= 4 is 16.1 Å². The minimum absolute atomic E-state index is 0. The number of hydrogen-bond acceptors (Lipinski definition) is 3. The van der Waals surface area contributed by atoms with Crippen molar-refractivity contribution in [3.8, 4) is 0 Å². The summed E-state index contributed by atoms with van der Waals surface area (Å²) in [6.45, 7) is 0. The minimum Gasteiger partial charge on any atom is -0.756 e. The maximum atomic E-state index is 8.77. The van der Waals surface area contributed by atoms with Crippen LogP contribution in [-0.4, -0.2) is 19.6 Å². The predicted octanol–water partition coefficient (Wildman–Crippen LogP) is -4.93. The van der Waals surface area contributed by atoms with Crippen LogP contribution >= 0.6 is 16.1 Å². The van der Waals surface area contributed by atoms with Gasteiger partial charge >= 0.3 is 59.6 Å². The number of phosphoric acid groups is 1. The van der Waals surface area contributed by atoms with Gasteiger partial charge in [0.25, 0.3) is 7.82 Å². The van der Waals surface area contributed by atoms with Crippen LogP contribution in [0.4, 0.5) is 0 Å². The zero-order valence-corrected chi connectivity index (χ0v) is 9.82. The van der Waals surface area contributed by atoms with Crippen LogP contribution in [0.15, 0.2) is 0 Å². The topological polar surface area (TPSA) is 138 Å². The Kier molecular flexibility index (Phi) is 15.7. The van der Waals surface area contributed by atoms with E-state index in [0.717, 1.165) is 0 Å². The molecule has 0 bridgehead atoms. The molecule has 0 amide bonds. The molecule has 0 radical (unpaired) electrons. The molecule has 0 aromatic carbocycles. The monoisotopic (exact) mass is 217 g/mol. The number of rotatable bonds is 0. The summed E-state index contributed by atoms with van der Waals surface area (Å²) in [5, 5.41) is 0. The molecule has 0 saturated heterocycles. The SMILES string of the molecule is O=P([O-])(O)O.O=[P+](O)O.[K+]. The van der Waals surface area contributed by atoms with E-state index >= 15 is 0 Å². The summed E-state index contributed by atoms with van der Waals surface area (Å²) < 4.78 is 17.5.